The van der Waals surface area contributed by atoms with E-state index in [1.54, 1.807) is 111 Å². The summed E-state index contributed by atoms with van der Waals surface area (Å²) in [5, 5.41) is 3.54. The van der Waals surface area contributed by atoms with Crippen molar-refractivity contribution in [2.45, 2.75) is 57.5 Å². The number of carbonyl (C=O) groups excluding carboxylic acids is 3. The molecule has 1 heterocycles. The van der Waals surface area contributed by atoms with Gasteiger partial charge in [-0.05, 0) is 28.5 Å². The van der Waals surface area contributed by atoms with Gasteiger partial charge in [-0.2, -0.15) is 13.9 Å². The number of ether oxygens (including phenoxy) is 6. The summed E-state index contributed by atoms with van der Waals surface area (Å²) in [6.07, 6.45) is -9.87. The van der Waals surface area contributed by atoms with Gasteiger partial charge >= 0.3 is 31.9 Å². The van der Waals surface area contributed by atoms with Crippen LogP contribution in [-0.4, -0.2) is 62.5 Å². The third kappa shape index (κ3) is 10.3. The molecule has 0 bridgehead atoms. The topological polar surface area (TPSA) is 154 Å². The number of carbonyl (C=O) groups is 3. The highest BCUT2D eigenvalue weighted by Gasteiger charge is 2.65. The molecule has 5 rings (SSSR count). The summed E-state index contributed by atoms with van der Waals surface area (Å²) in [6.45, 7) is 1.77. The number of hydrogen-bond acceptors (Lipinski definition) is 12. The van der Waals surface area contributed by atoms with Crippen molar-refractivity contribution < 1.29 is 65.2 Å². The SMILES string of the molecule is COC(=O)[C@@H](NP(=O)(Oc1cccc2ccccc12)OC1O[C@H](COC(=O)OCc2ccccc2)[C@@H](OC(=O)OCc2ccccc2)C1(F)F)C(C)C. The molecule has 1 aliphatic heterocycles. The monoisotopic (exact) mass is 757 g/mol. The van der Waals surface area contributed by atoms with Crippen LogP contribution in [0, 0.1) is 5.92 Å². The first-order valence-electron chi connectivity index (χ1n) is 16.4. The second-order valence-corrected chi connectivity index (χ2v) is 13.8. The molecule has 4 aromatic rings. The first kappa shape index (κ1) is 39.1. The average molecular weight is 758 g/mol. The Morgan fingerprint density at radius 1 is 0.811 bits per heavy atom. The molecule has 1 fully saturated rings. The van der Waals surface area contributed by atoms with Gasteiger partial charge in [-0.1, -0.05) is 111 Å². The number of halogens is 2. The van der Waals surface area contributed by atoms with Crippen LogP contribution in [0.25, 0.3) is 10.8 Å². The van der Waals surface area contributed by atoms with E-state index in [9.17, 15) is 18.9 Å². The second kappa shape index (κ2) is 17.6. The Hall–Kier alpha value is -5.08. The van der Waals surface area contributed by atoms with Gasteiger partial charge in [0.15, 0.2) is 0 Å². The predicted molar refractivity (Wildman–Crippen MR) is 185 cm³/mol. The summed E-state index contributed by atoms with van der Waals surface area (Å²) in [7, 11) is -3.94. The zero-order valence-electron chi connectivity index (χ0n) is 28.9. The van der Waals surface area contributed by atoms with Gasteiger partial charge in [0.05, 0.1) is 7.11 Å². The lowest BCUT2D eigenvalue weighted by Gasteiger charge is -2.29. The number of hydrogen-bond donors (Lipinski definition) is 1. The lowest BCUT2D eigenvalue weighted by Crippen LogP contribution is -2.46. The molecule has 1 saturated heterocycles. The summed E-state index contributed by atoms with van der Waals surface area (Å²) in [5.41, 5.74) is 1.18. The molecular formula is C37H38F2NO12P. The second-order valence-electron chi connectivity index (χ2n) is 12.1. The third-order valence-electron chi connectivity index (χ3n) is 7.94. The molecule has 1 N–H and O–H groups in total. The normalized spacial score (nSPS) is 19.5. The molecule has 16 heteroatoms. The molecule has 0 saturated carbocycles. The maximum atomic E-state index is 16.3. The molecule has 1 aliphatic rings. The van der Waals surface area contributed by atoms with Crippen molar-refractivity contribution >= 4 is 36.8 Å². The molecule has 0 spiro atoms. The Kier molecular flexibility index (Phi) is 13.0. The largest absolute Gasteiger partial charge is 0.509 e. The van der Waals surface area contributed by atoms with E-state index in [1.165, 1.54) is 6.07 Å². The Balaban J connectivity index is 1.40. The minimum atomic E-state index is -5.03. The van der Waals surface area contributed by atoms with E-state index in [4.69, 9.17) is 37.5 Å². The molecule has 0 radical (unpaired) electrons. The third-order valence-corrected chi connectivity index (χ3v) is 9.44. The standard InChI is InChI=1S/C37H38F2NO12P/c1-24(2)31(33(41)45-3)40-53(44,51-29-20-12-18-27-17-10-11-19-28(27)29)52-34-37(38,39)32(50-36(43)47-22-26-15-8-5-9-16-26)30(49-34)23-48-35(42)46-21-25-13-6-4-7-14-25/h4-20,24,30-32,34H,21-23H2,1-3H3,(H,40,44)/t30-,31+,32-,34?,53?/m1/s1. The lowest BCUT2D eigenvalue weighted by molar-refractivity contribution is -0.190. The van der Waals surface area contributed by atoms with Crippen molar-refractivity contribution in [3.63, 3.8) is 0 Å². The van der Waals surface area contributed by atoms with Crippen LogP contribution in [-0.2, 0) is 55.5 Å². The molecule has 2 unspecified atom stereocenters. The summed E-state index contributed by atoms with van der Waals surface area (Å²) >= 11 is 0. The van der Waals surface area contributed by atoms with Crippen molar-refractivity contribution in [2.24, 2.45) is 5.92 Å². The number of alkyl halides is 2. The lowest BCUT2D eigenvalue weighted by atomic mass is 10.1. The molecular weight excluding hydrogens is 719 g/mol. The summed E-state index contributed by atoms with van der Waals surface area (Å²) in [6, 6.07) is 27.2. The zero-order valence-corrected chi connectivity index (χ0v) is 29.8. The maximum Gasteiger partial charge on any atom is 0.509 e. The molecule has 53 heavy (non-hydrogen) atoms. The Bertz CT molecular complexity index is 1890. The van der Waals surface area contributed by atoms with Crippen LogP contribution >= 0.6 is 7.75 Å². The van der Waals surface area contributed by atoms with Crippen LogP contribution < -0.4 is 9.61 Å². The molecule has 282 valence electrons. The van der Waals surface area contributed by atoms with Gasteiger partial charge in [0.25, 0.3) is 0 Å². The number of methoxy groups -OCH3 is 1. The van der Waals surface area contributed by atoms with Gasteiger partial charge < -0.3 is 32.9 Å². The minimum Gasteiger partial charge on any atom is -0.468 e. The van der Waals surface area contributed by atoms with Gasteiger partial charge in [0.2, 0.25) is 12.4 Å². The minimum absolute atomic E-state index is 0.0362. The Morgan fingerprint density at radius 3 is 2.02 bits per heavy atom. The van der Waals surface area contributed by atoms with E-state index in [-0.39, 0.29) is 19.0 Å². The highest BCUT2D eigenvalue weighted by atomic mass is 31.2. The smallest absolute Gasteiger partial charge is 0.468 e. The van der Waals surface area contributed by atoms with E-state index < -0.39 is 69.0 Å². The van der Waals surface area contributed by atoms with E-state index in [0.717, 1.165) is 7.11 Å². The summed E-state index contributed by atoms with van der Waals surface area (Å²) in [5.74, 6) is -5.79. The fourth-order valence-electron chi connectivity index (χ4n) is 5.22. The van der Waals surface area contributed by atoms with Gasteiger partial charge in [-0.15, -0.1) is 0 Å². The summed E-state index contributed by atoms with van der Waals surface area (Å²) in [4.78, 5) is 37.9. The van der Waals surface area contributed by atoms with Crippen molar-refractivity contribution in [1.29, 1.82) is 0 Å². The van der Waals surface area contributed by atoms with Gasteiger partial charge in [-0.3, -0.25) is 9.32 Å². The quantitative estimate of drug-likeness (QED) is 0.0721. The van der Waals surface area contributed by atoms with Crippen molar-refractivity contribution in [2.75, 3.05) is 13.7 Å². The molecule has 5 atom stereocenters. The van der Waals surface area contributed by atoms with Crippen LogP contribution in [0.3, 0.4) is 0 Å². The van der Waals surface area contributed by atoms with E-state index >= 15 is 8.78 Å². The Morgan fingerprint density at radius 2 is 1.40 bits per heavy atom. The fourth-order valence-corrected chi connectivity index (χ4v) is 6.98. The van der Waals surface area contributed by atoms with Crippen molar-refractivity contribution in [1.82, 2.24) is 5.09 Å². The van der Waals surface area contributed by atoms with Gasteiger partial charge in [0, 0.05) is 5.39 Å². The number of esters is 1. The van der Waals surface area contributed by atoms with Crippen LogP contribution in [0.5, 0.6) is 5.75 Å². The number of nitrogens with one attached hydrogen (secondary N) is 1. The Labute approximate surface area is 303 Å². The summed E-state index contributed by atoms with van der Waals surface area (Å²) < 4.78 is 89.1. The average Bonchev–Trinajstić information content (AvgIpc) is 3.38. The van der Waals surface area contributed by atoms with E-state index in [1.807, 2.05) is 0 Å². The van der Waals surface area contributed by atoms with Crippen molar-refractivity contribution in [3.05, 3.63) is 114 Å². The van der Waals surface area contributed by atoms with E-state index in [0.29, 0.717) is 21.9 Å². The predicted octanol–water partition coefficient (Wildman–Crippen LogP) is 7.57. The molecule has 13 nitrogen and oxygen atoms in total. The van der Waals surface area contributed by atoms with Crippen LogP contribution in [0.1, 0.15) is 25.0 Å². The first-order chi connectivity index (χ1) is 25.4. The number of benzene rings is 4. The highest BCUT2D eigenvalue weighted by molar-refractivity contribution is 7.52. The molecule has 0 amide bonds. The van der Waals surface area contributed by atoms with Crippen LogP contribution in [0.2, 0.25) is 0 Å². The van der Waals surface area contributed by atoms with Crippen LogP contribution in [0.4, 0.5) is 18.4 Å². The highest BCUT2D eigenvalue weighted by Crippen LogP contribution is 2.53. The fraction of sp³-hybridized carbons (Fsp3) is 0.324. The molecule has 0 aliphatic carbocycles. The van der Waals surface area contributed by atoms with E-state index in [2.05, 4.69) is 5.09 Å². The number of rotatable bonds is 15. The number of fused-ring (bicyclic) bond motifs is 1. The maximum absolute atomic E-state index is 16.3. The van der Waals surface area contributed by atoms with Gasteiger partial charge in [-0.25, -0.2) is 14.2 Å². The van der Waals surface area contributed by atoms with Crippen molar-refractivity contribution in [3.8, 4) is 5.75 Å². The zero-order chi connectivity index (χ0) is 38.0. The molecule has 4 aromatic carbocycles. The van der Waals surface area contributed by atoms with Crippen LogP contribution in [0.15, 0.2) is 103 Å². The van der Waals surface area contributed by atoms with Gasteiger partial charge in [0.1, 0.15) is 37.7 Å². The first-order valence-corrected chi connectivity index (χ1v) is 18.0. The molecule has 0 aromatic heterocycles.